The minimum absolute atomic E-state index is 0.186. The van der Waals surface area contributed by atoms with Gasteiger partial charge in [0.1, 0.15) is 0 Å². The number of piperidine rings is 1. The molecule has 74 valence electrons. The van der Waals surface area contributed by atoms with E-state index in [0.29, 0.717) is 0 Å². The quantitative estimate of drug-likeness (QED) is 0.719. The standard InChI is InChI=1S/C12H15NO/c14-12(10-5-2-1-3-6-10)11-7-4-8-13-9-11/h1-3,5-6,11,13H,4,7-9H2/t11-/m0/s1. The second kappa shape index (κ2) is 4.38. The second-order valence-corrected chi connectivity index (χ2v) is 3.77. The molecule has 1 N–H and O–H groups in total. The van der Waals surface area contributed by atoms with Crippen molar-refractivity contribution in [1.82, 2.24) is 5.32 Å². The van der Waals surface area contributed by atoms with E-state index in [4.69, 9.17) is 0 Å². The van der Waals surface area contributed by atoms with Crippen LogP contribution in [0.3, 0.4) is 0 Å². The van der Waals surface area contributed by atoms with Crippen molar-refractivity contribution in [3.63, 3.8) is 0 Å². The Balaban J connectivity index is 2.07. The lowest BCUT2D eigenvalue weighted by atomic mass is 9.91. The average molecular weight is 189 g/mol. The second-order valence-electron chi connectivity index (χ2n) is 3.77. The van der Waals surface area contributed by atoms with Crippen LogP contribution in [0.1, 0.15) is 23.2 Å². The number of Topliss-reactive ketones (excluding diaryl/α,β-unsaturated/α-hetero) is 1. The Morgan fingerprint density at radius 3 is 2.71 bits per heavy atom. The van der Waals surface area contributed by atoms with Crippen molar-refractivity contribution in [2.75, 3.05) is 13.1 Å². The molecule has 0 saturated carbocycles. The molecule has 0 spiro atoms. The Labute approximate surface area is 84.3 Å². The van der Waals surface area contributed by atoms with Crippen molar-refractivity contribution >= 4 is 5.78 Å². The molecular weight excluding hydrogens is 174 g/mol. The van der Waals surface area contributed by atoms with Gasteiger partial charge in [0.25, 0.3) is 0 Å². The molecule has 1 aromatic rings. The Hall–Kier alpha value is -1.15. The summed E-state index contributed by atoms with van der Waals surface area (Å²) in [5.41, 5.74) is 0.848. The lowest BCUT2D eigenvalue weighted by Crippen LogP contribution is -2.34. The van der Waals surface area contributed by atoms with Crippen molar-refractivity contribution in [3.8, 4) is 0 Å². The number of ketones is 1. The number of rotatable bonds is 2. The first kappa shape index (κ1) is 9.41. The van der Waals surface area contributed by atoms with E-state index >= 15 is 0 Å². The summed E-state index contributed by atoms with van der Waals surface area (Å²) in [6, 6.07) is 9.58. The van der Waals surface area contributed by atoms with E-state index in [-0.39, 0.29) is 11.7 Å². The molecule has 14 heavy (non-hydrogen) atoms. The van der Waals surface area contributed by atoms with Gasteiger partial charge in [-0.25, -0.2) is 0 Å². The highest BCUT2D eigenvalue weighted by molar-refractivity contribution is 5.98. The Kier molecular flexibility index (Phi) is 2.94. The number of hydrogen-bond donors (Lipinski definition) is 1. The van der Waals surface area contributed by atoms with Gasteiger partial charge in [0, 0.05) is 18.0 Å². The number of hydrogen-bond acceptors (Lipinski definition) is 2. The van der Waals surface area contributed by atoms with Gasteiger partial charge >= 0.3 is 0 Å². The highest BCUT2D eigenvalue weighted by Crippen LogP contribution is 2.16. The first-order valence-corrected chi connectivity index (χ1v) is 5.18. The minimum Gasteiger partial charge on any atom is -0.316 e. The number of carbonyl (C=O) groups excluding carboxylic acids is 1. The van der Waals surface area contributed by atoms with Crippen LogP contribution in [0.5, 0.6) is 0 Å². The summed E-state index contributed by atoms with van der Waals surface area (Å²) < 4.78 is 0. The first-order valence-electron chi connectivity index (χ1n) is 5.18. The van der Waals surface area contributed by atoms with Gasteiger partial charge in [-0.2, -0.15) is 0 Å². The average Bonchev–Trinajstić information content (AvgIpc) is 2.30. The molecule has 1 saturated heterocycles. The molecule has 1 fully saturated rings. The van der Waals surface area contributed by atoms with Crippen LogP contribution in [0.2, 0.25) is 0 Å². The summed E-state index contributed by atoms with van der Waals surface area (Å²) in [5.74, 6) is 0.476. The zero-order valence-electron chi connectivity index (χ0n) is 8.20. The molecule has 1 heterocycles. The minimum atomic E-state index is 0.186. The predicted molar refractivity (Wildman–Crippen MR) is 56.4 cm³/mol. The van der Waals surface area contributed by atoms with Gasteiger partial charge in [-0.05, 0) is 19.4 Å². The van der Waals surface area contributed by atoms with Crippen molar-refractivity contribution in [2.24, 2.45) is 5.92 Å². The van der Waals surface area contributed by atoms with E-state index in [0.717, 1.165) is 31.5 Å². The summed E-state index contributed by atoms with van der Waals surface area (Å²) in [6.07, 6.45) is 2.14. The van der Waals surface area contributed by atoms with Crippen LogP contribution in [0.15, 0.2) is 30.3 Å². The third kappa shape index (κ3) is 2.02. The molecule has 0 bridgehead atoms. The lowest BCUT2D eigenvalue weighted by molar-refractivity contribution is 0.0899. The van der Waals surface area contributed by atoms with Crippen molar-refractivity contribution in [1.29, 1.82) is 0 Å². The van der Waals surface area contributed by atoms with E-state index in [1.165, 1.54) is 0 Å². The van der Waals surface area contributed by atoms with Crippen LogP contribution >= 0.6 is 0 Å². The Bertz CT molecular complexity index is 301. The van der Waals surface area contributed by atoms with Gasteiger partial charge in [-0.3, -0.25) is 4.79 Å². The molecule has 1 atom stereocenters. The maximum Gasteiger partial charge on any atom is 0.167 e. The first-order chi connectivity index (χ1) is 6.88. The molecule has 0 unspecified atom stereocenters. The fraction of sp³-hybridized carbons (Fsp3) is 0.417. The van der Waals surface area contributed by atoms with Crippen LogP contribution < -0.4 is 5.32 Å². The van der Waals surface area contributed by atoms with E-state index in [1.54, 1.807) is 0 Å². The monoisotopic (exact) mass is 189 g/mol. The molecule has 0 amide bonds. The van der Waals surface area contributed by atoms with Crippen LogP contribution in [-0.2, 0) is 0 Å². The summed E-state index contributed by atoms with van der Waals surface area (Å²) in [4.78, 5) is 12.0. The summed E-state index contributed by atoms with van der Waals surface area (Å²) >= 11 is 0. The van der Waals surface area contributed by atoms with Crippen LogP contribution in [0, 0.1) is 5.92 Å². The molecule has 2 nitrogen and oxygen atoms in total. The van der Waals surface area contributed by atoms with Crippen LogP contribution in [0.4, 0.5) is 0 Å². The predicted octanol–water partition coefficient (Wildman–Crippen LogP) is 1.87. The smallest absolute Gasteiger partial charge is 0.167 e. The number of carbonyl (C=O) groups is 1. The molecule has 1 aromatic carbocycles. The third-order valence-electron chi connectivity index (χ3n) is 2.73. The molecule has 0 aliphatic carbocycles. The normalized spacial score (nSPS) is 21.9. The zero-order chi connectivity index (χ0) is 9.80. The SMILES string of the molecule is O=C(c1ccccc1)[C@H]1CCCNC1. The molecule has 1 aliphatic rings. The Morgan fingerprint density at radius 2 is 2.07 bits per heavy atom. The fourth-order valence-corrected chi connectivity index (χ4v) is 1.91. The van der Waals surface area contributed by atoms with E-state index in [1.807, 2.05) is 30.3 Å². The molecule has 2 rings (SSSR count). The van der Waals surface area contributed by atoms with E-state index < -0.39 is 0 Å². The molecule has 0 aromatic heterocycles. The maximum atomic E-state index is 12.0. The molecule has 0 radical (unpaired) electrons. The number of benzene rings is 1. The van der Waals surface area contributed by atoms with Gasteiger partial charge in [-0.1, -0.05) is 30.3 Å². The maximum absolute atomic E-state index is 12.0. The van der Waals surface area contributed by atoms with Gasteiger partial charge in [0.05, 0.1) is 0 Å². The van der Waals surface area contributed by atoms with E-state index in [2.05, 4.69) is 5.32 Å². The third-order valence-corrected chi connectivity index (χ3v) is 2.73. The molecule has 1 aliphatic heterocycles. The van der Waals surface area contributed by atoms with Crippen LogP contribution in [-0.4, -0.2) is 18.9 Å². The van der Waals surface area contributed by atoms with Gasteiger partial charge in [-0.15, -0.1) is 0 Å². The summed E-state index contributed by atoms with van der Waals surface area (Å²) in [6.45, 7) is 1.90. The summed E-state index contributed by atoms with van der Waals surface area (Å²) in [5, 5.41) is 3.26. The van der Waals surface area contributed by atoms with Crippen molar-refractivity contribution in [3.05, 3.63) is 35.9 Å². The lowest BCUT2D eigenvalue weighted by Gasteiger charge is -2.21. The Morgan fingerprint density at radius 1 is 1.29 bits per heavy atom. The van der Waals surface area contributed by atoms with Crippen LogP contribution in [0.25, 0.3) is 0 Å². The largest absolute Gasteiger partial charge is 0.316 e. The highest BCUT2D eigenvalue weighted by Gasteiger charge is 2.21. The van der Waals surface area contributed by atoms with Gasteiger partial charge < -0.3 is 5.32 Å². The van der Waals surface area contributed by atoms with Crippen molar-refractivity contribution < 1.29 is 4.79 Å². The fourth-order valence-electron chi connectivity index (χ4n) is 1.91. The highest BCUT2D eigenvalue weighted by atomic mass is 16.1. The molecular formula is C12H15NO. The van der Waals surface area contributed by atoms with Gasteiger partial charge in [0.15, 0.2) is 5.78 Å². The topological polar surface area (TPSA) is 29.1 Å². The number of nitrogens with one attached hydrogen (secondary N) is 1. The summed E-state index contributed by atoms with van der Waals surface area (Å²) in [7, 11) is 0. The van der Waals surface area contributed by atoms with E-state index in [9.17, 15) is 4.79 Å². The zero-order valence-corrected chi connectivity index (χ0v) is 8.20. The molecule has 2 heteroatoms. The van der Waals surface area contributed by atoms with Crippen molar-refractivity contribution in [2.45, 2.75) is 12.8 Å². The van der Waals surface area contributed by atoms with Gasteiger partial charge in [0.2, 0.25) is 0 Å².